The average molecular weight is 469 g/mol. The van der Waals surface area contributed by atoms with Gasteiger partial charge in [0.05, 0.1) is 6.33 Å². The summed E-state index contributed by atoms with van der Waals surface area (Å²) in [6, 6.07) is 0. The van der Waals surface area contributed by atoms with Crippen LogP contribution in [0.5, 0.6) is 0 Å². The zero-order valence-electron chi connectivity index (χ0n) is 17.5. The lowest BCUT2D eigenvalue weighted by atomic mass is 10.1. The molecule has 2 aliphatic heterocycles. The number of phosphoric acid groups is 1. The summed E-state index contributed by atoms with van der Waals surface area (Å²) in [5.74, 6) is -0.374. The summed E-state index contributed by atoms with van der Waals surface area (Å²) >= 11 is 0. The van der Waals surface area contributed by atoms with Crippen LogP contribution >= 0.6 is 7.82 Å². The minimum atomic E-state index is -4.30. The number of anilines is 1. The third kappa shape index (κ3) is 4.52. The fourth-order valence-electron chi connectivity index (χ4n) is 3.64. The second-order valence-corrected chi connectivity index (χ2v) is 8.81. The van der Waals surface area contributed by atoms with Crippen molar-refractivity contribution in [1.82, 2.24) is 19.5 Å². The third-order valence-electron chi connectivity index (χ3n) is 5.03. The number of aromatic nitrogens is 4. The number of nitrogens with one attached hydrogen (secondary N) is 1. The lowest BCUT2D eigenvalue weighted by Gasteiger charge is -2.19. The second kappa shape index (κ2) is 9.20. The van der Waals surface area contributed by atoms with Gasteiger partial charge in [-0.15, -0.1) is 0 Å². The Morgan fingerprint density at radius 2 is 1.94 bits per heavy atom. The molecule has 1 unspecified atom stereocenters. The number of phosphoric ester groups is 1. The second-order valence-electron chi connectivity index (χ2n) is 7.45. The Bertz CT molecular complexity index is 1060. The zero-order valence-corrected chi connectivity index (χ0v) is 18.4. The molecule has 2 fully saturated rings. The highest BCUT2D eigenvalue weighted by atomic mass is 31.2. The molecule has 13 nitrogen and oxygen atoms in total. The lowest BCUT2D eigenvalue weighted by Crippen LogP contribution is -2.32. The molecule has 174 valence electrons. The maximum Gasteiger partial charge on any atom is 0.473 e. The quantitative estimate of drug-likeness (QED) is 0.427. The number of amides is 1. The fraction of sp³-hybridized carbons (Fsp3) is 0.611. The van der Waals surface area contributed by atoms with Gasteiger partial charge < -0.3 is 19.7 Å². The maximum absolute atomic E-state index is 12.1. The van der Waals surface area contributed by atoms with E-state index in [0.717, 1.165) is 0 Å². The average Bonchev–Trinajstić information content (AvgIpc) is 3.38. The molecule has 4 rings (SSSR count). The molecule has 32 heavy (non-hydrogen) atoms. The van der Waals surface area contributed by atoms with E-state index in [0.29, 0.717) is 30.4 Å². The highest BCUT2D eigenvalue weighted by Crippen LogP contribution is 2.58. The van der Waals surface area contributed by atoms with Gasteiger partial charge in [0.25, 0.3) is 0 Å². The van der Waals surface area contributed by atoms with Crippen molar-refractivity contribution in [3.05, 3.63) is 12.7 Å². The topological polar surface area (TPSA) is 164 Å². The van der Waals surface area contributed by atoms with Crippen LogP contribution in [0.15, 0.2) is 12.7 Å². The summed E-state index contributed by atoms with van der Waals surface area (Å²) in [4.78, 5) is 46.2. The van der Waals surface area contributed by atoms with E-state index in [4.69, 9.17) is 18.5 Å². The standard InChI is InChI=1S/C18H24N5O8P/c1-3-5-11(24)22-16-13-17(20-8-19-16)23(9-21-13)18-15-14(30-32(26,27)31-15)10(29-18)7-28-12(25)6-4-2/h8-10,14-15,18H,3-7H2,1-2H3,(H,26,27)(H,19,20,22,24)/t10-,14-,15-,18-/m1/s1. The highest BCUT2D eigenvalue weighted by molar-refractivity contribution is 7.47. The largest absolute Gasteiger partial charge is 0.473 e. The van der Waals surface area contributed by atoms with Crippen molar-refractivity contribution in [2.24, 2.45) is 0 Å². The van der Waals surface area contributed by atoms with E-state index in [1.165, 1.54) is 17.2 Å². The van der Waals surface area contributed by atoms with E-state index in [-0.39, 0.29) is 24.8 Å². The van der Waals surface area contributed by atoms with Crippen LogP contribution < -0.4 is 5.32 Å². The molecule has 0 bridgehead atoms. The van der Waals surface area contributed by atoms with E-state index in [1.807, 2.05) is 13.8 Å². The number of ether oxygens (including phenoxy) is 2. The molecule has 0 saturated carbocycles. The molecule has 0 radical (unpaired) electrons. The Labute approximate surface area is 183 Å². The minimum Gasteiger partial charge on any atom is -0.463 e. The Balaban J connectivity index is 1.60. The number of hydrogen-bond acceptors (Lipinski definition) is 10. The van der Waals surface area contributed by atoms with Gasteiger partial charge in [0.15, 0.2) is 23.2 Å². The van der Waals surface area contributed by atoms with Crippen LogP contribution in [0.3, 0.4) is 0 Å². The number of hydrogen-bond donors (Lipinski definition) is 2. The molecule has 1 amide bonds. The predicted molar refractivity (Wildman–Crippen MR) is 108 cm³/mol. The number of esters is 1. The Morgan fingerprint density at radius 1 is 1.19 bits per heavy atom. The summed E-state index contributed by atoms with van der Waals surface area (Å²) in [6.07, 6.45) is 0.881. The van der Waals surface area contributed by atoms with Gasteiger partial charge in [-0.2, -0.15) is 0 Å². The fourth-order valence-corrected chi connectivity index (χ4v) is 4.79. The van der Waals surface area contributed by atoms with E-state index in [9.17, 15) is 19.0 Å². The first-order valence-electron chi connectivity index (χ1n) is 10.3. The summed E-state index contributed by atoms with van der Waals surface area (Å²) in [5.41, 5.74) is 0.642. The van der Waals surface area contributed by atoms with Crippen LogP contribution in [0.4, 0.5) is 5.82 Å². The molecule has 2 N–H and O–H groups in total. The van der Waals surface area contributed by atoms with Crippen LogP contribution in [0.25, 0.3) is 11.2 Å². The molecule has 2 aliphatic rings. The molecule has 0 aromatic carbocycles. The maximum atomic E-state index is 12.1. The normalized spacial score (nSPS) is 29.2. The van der Waals surface area contributed by atoms with Gasteiger partial charge in [0.2, 0.25) is 5.91 Å². The molecule has 0 aliphatic carbocycles. The molecule has 2 saturated heterocycles. The first kappa shape index (κ1) is 22.7. The molecule has 14 heteroatoms. The Hall–Kier alpha value is -2.44. The Kier molecular flexibility index (Phi) is 6.54. The van der Waals surface area contributed by atoms with Gasteiger partial charge in [-0.25, -0.2) is 19.5 Å². The summed E-state index contributed by atoms with van der Waals surface area (Å²) in [6.45, 7) is 3.57. The molecular weight excluding hydrogens is 445 g/mol. The van der Waals surface area contributed by atoms with Crippen molar-refractivity contribution in [2.45, 2.75) is 64.1 Å². The van der Waals surface area contributed by atoms with E-state index in [2.05, 4.69) is 20.3 Å². The van der Waals surface area contributed by atoms with Crippen molar-refractivity contribution in [1.29, 1.82) is 0 Å². The van der Waals surface area contributed by atoms with Crippen LogP contribution in [0, 0.1) is 0 Å². The number of nitrogens with zero attached hydrogens (tertiary/aromatic N) is 4. The molecule has 2 aromatic heterocycles. The third-order valence-corrected chi connectivity index (χ3v) is 6.05. The minimum absolute atomic E-state index is 0.167. The number of fused-ring (bicyclic) bond motifs is 2. The Morgan fingerprint density at radius 3 is 2.69 bits per heavy atom. The first-order chi connectivity index (χ1) is 15.3. The predicted octanol–water partition coefficient (Wildman–Crippen LogP) is 1.69. The molecule has 5 atom stereocenters. The number of imidazole rings is 1. The van der Waals surface area contributed by atoms with Gasteiger partial charge in [-0.3, -0.25) is 23.2 Å². The van der Waals surface area contributed by atoms with Gasteiger partial charge in [-0.05, 0) is 12.8 Å². The van der Waals surface area contributed by atoms with E-state index < -0.39 is 38.3 Å². The van der Waals surface area contributed by atoms with Crippen molar-refractivity contribution in [3.8, 4) is 0 Å². The molecule has 4 heterocycles. The van der Waals surface area contributed by atoms with Gasteiger partial charge in [0.1, 0.15) is 31.2 Å². The number of carbonyl (C=O) groups is 2. The monoisotopic (exact) mass is 469 g/mol. The lowest BCUT2D eigenvalue weighted by molar-refractivity contribution is -0.150. The first-order valence-corrected chi connectivity index (χ1v) is 11.8. The van der Waals surface area contributed by atoms with Crippen LogP contribution in [0.1, 0.15) is 45.8 Å². The molecular formula is C18H24N5O8P. The van der Waals surface area contributed by atoms with E-state index in [1.54, 1.807) is 0 Å². The van der Waals surface area contributed by atoms with Crippen molar-refractivity contribution < 1.29 is 37.6 Å². The SMILES string of the molecule is CCCC(=O)Nc1ncnc2c1ncn2[C@@H]1O[C@H](COC(=O)CCC)[C@H]2OP(=O)(O)O[C@H]21. The van der Waals surface area contributed by atoms with Gasteiger partial charge in [0, 0.05) is 12.8 Å². The van der Waals surface area contributed by atoms with Gasteiger partial charge in [-0.1, -0.05) is 13.8 Å². The number of carbonyl (C=O) groups excluding carboxylic acids is 2. The summed E-state index contributed by atoms with van der Waals surface area (Å²) in [7, 11) is -4.30. The van der Waals surface area contributed by atoms with Crippen molar-refractivity contribution >= 4 is 36.7 Å². The molecule has 2 aromatic rings. The zero-order chi connectivity index (χ0) is 22.9. The molecule has 0 spiro atoms. The highest BCUT2D eigenvalue weighted by Gasteiger charge is 2.58. The summed E-state index contributed by atoms with van der Waals surface area (Å²) < 4.78 is 35.2. The van der Waals surface area contributed by atoms with Crippen molar-refractivity contribution in [2.75, 3.05) is 11.9 Å². The van der Waals surface area contributed by atoms with Gasteiger partial charge >= 0.3 is 13.8 Å². The number of rotatable bonds is 8. The van der Waals surface area contributed by atoms with E-state index >= 15 is 0 Å². The van der Waals surface area contributed by atoms with Crippen LogP contribution in [-0.4, -0.2) is 61.2 Å². The smallest absolute Gasteiger partial charge is 0.463 e. The van der Waals surface area contributed by atoms with Crippen LogP contribution in [0.2, 0.25) is 0 Å². The summed E-state index contributed by atoms with van der Waals surface area (Å²) in [5, 5.41) is 2.70. The van der Waals surface area contributed by atoms with Crippen molar-refractivity contribution in [3.63, 3.8) is 0 Å². The van der Waals surface area contributed by atoms with Crippen LogP contribution in [-0.2, 0) is 32.7 Å².